The lowest BCUT2D eigenvalue weighted by molar-refractivity contribution is 0.234. The van der Waals surface area contributed by atoms with Crippen LogP contribution >= 0.6 is 0 Å². The maximum absolute atomic E-state index is 13.7. The molecular formula is C12H19FN2O2S. The minimum Gasteiger partial charge on any atom is -0.297 e. The van der Waals surface area contributed by atoms with Crippen molar-refractivity contribution in [3.05, 3.63) is 29.6 Å². The summed E-state index contributed by atoms with van der Waals surface area (Å²) in [4.78, 5) is 1.68. The minimum absolute atomic E-state index is 0.0315. The molecule has 1 atom stereocenters. The molecule has 0 heterocycles. The van der Waals surface area contributed by atoms with Crippen molar-refractivity contribution in [3.63, 3.8) is 0 Å². The van der Waals surface area contributed by atoms with Gasteiger partial charge in [0.25, 0.3) is 0 Å². The highest BCUT2D eigenvalue weighted by Crippen LogP contribution is 2.23. The molecule has 0 saturated heterocycles. The number of nitrogens with two attached hydrogens (primary N) is 1. The van der Waals surface area contributed by atoms with E-state index in [9.17, 15) is 12.8 Å². The van der Waals surface area contributed by atoms with Crippen LogP contribution in [0.5, 0.6) is 0 Å². The minimum atomic E-state index is -4.00. The number of hydrogen-bond donors (Lipinski definition) is 1. The Labute approximate surface area is 108 Å². The number of nitrogens with zero attached hydrogens (tertiary/aromatic N) is 1. The second-order valence-corrected chi connectivity index (χ2v) is 5.66. The third-order valence-corrected chi connectivity index (χ3v) is 4.05. The van der Waals surface area contributed by atoms with Crippen molar-refractivity contribution >= 4 is 10.0 Å². The summed E-state index contributed by atoms with van der Waals surface area (Å²) in [6.45, 7) is 7.69. The third kappa shape index (κ3) is 3.28. The molecular weight excluding hydrogens is 255 g/mol. The number of hydrogen-bond acceptors (Lipinski definition) is 3. The monoisotopic (exact) mass is 274 g/mol. The van der Waals surface area contributed by atoms with Gasteiger partial charge in [-0.2, -0.15) is 0 Å². The second kappa shape index (κ2) is 5.77. The molecule has 18 heavy (non-hydrogen) atoms. The zero-order valence-electron chi connectivity index (χ0n) is 10.9. The van der Waals surface area contributed by atoms with Gasteiger partial charge in [0.05, 0.1) is 0 Å². The molecule has 0 aromatic heterocycles. The van der Waals surface area contributed by atoms with Crippen LogP contribution in [0.25, 0.3) is 0 Å². The van der Waals surface area contributed by atoms with Gasteiger partial charge in [0.1, 0.15) is 10.7 Å². The normalized spacial score (nSPS) is 13.9. The molecule has 0 radical (unpaired) electrons. The smallest absolute Gasteiger partial charge is 0.240 e. The second-order valence-electron chi connectivity index (χ2n) is 4.13. The van der Waals surface area contributed by atoms with Crippen LogP contribution in [0.2, 0.25) is 0 Å². The Morgan fingerprint density at radius 3 is 2.28 bits per heavy atom. The first-order valence-corrected chi connectivity index (χ1v) is 7.42. The Kier molecular flexibility index (Phi) is 4.84. The molecule has 0 aliphatic rings. The largest absolute Gasteiger partial charge is 0.297 e. The summed E-state index contributed by atoms with van der Waals surface area (Å²) < 4.78 is 35.9. The topological polar surface area (TPSA) is 63.4 Å². The summed E-state index contributed by atoms with van der Waals surface area (Å²) in [5.74, 6) is -0.797. The number of primary sulfonamides is 1. The maximum atomic E-state index is 13.7. The average molecular weight is 274 g/mol. The van der Waals surface area contributed by atoms with Crippen LogP contribution in [0.4, 0.5) is 4.39 Å². The van der Waals surface area contributed by atoms with Gasteiger partial charge < -0.3 is 0 Å². The molecule has 0 aliphatic heterocycles. The van der Waals surface area contributed by atoms with E-state index in [1.54, 1.807) is 6.07 Å². The standard InChI is InChI=1S/C12H19FN2O2S/c1-4-15(5-2)9(3)10-6-7-12(11(13)8-10)18(14,16)17/h6-9H,4-5H2,1-3H3,(H2,14,16,17). The number of sulfonamides is 1. The quantitative estimate of drug-likeness (QED) is 0.891. The molecule has 1 aromatic carbocycles. The van der Waals surface area contributed by atoms with Crippen LogP contribution in [0, 0.1) is 5.82 Å². The van der Waals surface area contributed by atoms with E-state index >= 15 is 0 Å². The van der Waals surface area contributed by atoms with Gasteiger partial charge in [-0.25, -0.2) is 17.9 Å². The van der Waals surface area contributed by atoms with Crippen LogP contribution in [0.1, 0.15) is 32.4 Å². The van der Waals surface area contributed by atoms with E-state index in [0.29, 0.717) is 0 Å². The Bertz CT molecular complexity index is 513. The van der Waals surface area contributed by atoms with Gasteiger partial charge in [-0.05, 0) is 37.7 Å². The molecule has 0 aliphatic carbocycles. The number of benzene rings is 1. The fourth-order valence-electron chi connectivity index (χ4n) is 1.99. The highest BCUT2D eigenvalue weighted by atomic mass is 32.2. The third-order valence-electron chi connectivity index (χ3n) is 3.10. The van der Waals surface area contributed by atoms with E-state index in [4.69, 9.17) is 5.14 Å². The van der Waals surface area contributed by atoms with E-state index in [-0.39, 0.29) is 6.04 Å². The van der Waals surface area contributed by atoms with Crippen molar-refractivity contribution in [1.82, 2.24) is 4.90 Å². The van der Waals surface area contributed by atoms with Crippen LogP contribution in [0.15, 0.2) is 23.1 Å². The molecule has 102 valence electrons. The first kappa shape index (κ1) is 15.1. The van der Waals surface area contributed by atoms with Crippen molar-refractivity contribution < 1.29 is 12.8 Å². The Balaban J connectivity index is 3.12. The summed E-state index contributed by atoms with van der Waals surface area (Å²) in [6.07, 6.45) is 0. The molecule has 1 aromatic rings. The van der Waals surface area contributed by atoms with Crippen molar-refractivity contribution in [1.29, 1.82) is 0 Å². The summed E-state index contributed by atoms with van der Waals surface area (Å²) in [7, 11) is -4.00. The number of rotatable bonds is 5. The van der Waals surface area contributed by atoms with Crippen molar-refractivity contribution in [3.8, 4) is 0 Å². The molecule has 0 saturated carbocycles. The molecule has 0 spiro atoms. The summed E-state index contributed by atoms with van der Waals surface area (Å²) >= 11 is 0. The van der Waals surface area contributed by atoms with Crippen molar-refractivity contribution in [2.24, 2.45) is 5.14 Å². The van der Waals surface area contributed by atoms with Crippen LogP contribution in [0.3, 0.4) is 0 Å². The maximum Gasteiger partial charge on any atom is 0.240 e. The summed E-state index contributed by atoms with van der Waals surface area (Å²) in [6, 6.07) is 4.10. The highest BCUT2D eigenvalue weighted by Gasteiger charge is 2.18. The first-order valence-electron chi connectivity index (χ1n) is 5.87. The molecule has 0 amide bonds. The predicted octanol–water partition coefficient (Wildman–Crippen LogP) is 1.88. The molecule has 0 fully saturated rings. The average Bonchev–Trinajstić information content (AvgIpc) is 2.28. The lowest BCUT2D eigenvalue weighted by Crippen LogP contribution is -2.26. The SMILES string of the molecule is CCN(CC)C(C)c1ccc(S(N)(=O)=O)c(F)c1. The summed E-state index contributed by atoms with van der Waals surface area (Å²) in [5.41, 5.74) is 0.739. The van der Waals surface area contributed by atoms with Gasteiger partial charge in [-0.3, -0.25) is 4.90 Å². The Morgan fingerprint density at radius 2 is 1.89 bits per heavy atom. The lowest BCUT2D eigenvalue weighted by Gasteiger charge is -2.26. The van der Waals surface area contributed by atoms with Gasteiger partial charge in [0.15, 0.2) is 0 Å². The van der Waals surface area contributed by atoms with E-state index in [2.05, 4.69) is 4.90 Å². The fraction of sp³-hybridized carbons (Fsp3) is 0.500. The van der Waals surface area contributed by atoms with Gasteiger partial charge in [-0.1, -0.05) is 19.9 Å². The summed E-state index contributed by atoms with van der Waals surface area (Å²) in [5, 5.41) is 4.92. The van der Waals surface area contributed by atoms with E-state index in [0.717, 1.165) is 18.7 Å². The van der Waals surface area contributed by atoms with Gasteiger partial charge in [0.2, 0.25) is 10.0 Å². The molecule has 0 bridgehead atoms. The Hall–Kier alpha value is -0.980. The van der Waals surface area contributed by atoms with E-state index < -0.39 is 20.7 Å². The lowest BCUT2D eigenvalue weighted by atomic mass is 10.1. The van der Waals surface area contributed by atoms with Crippen molar-refractivity contribution in [2.45, 2.75) is 31.7 Å². The molecule has 4 nitrogen and oxygen atoms in total. The Morgan fingerprint density at radius 1 is 1.33 bits per heavy atom. The van der Waals surface area contributed by atoms with Crippen LogP contribution < -0.4 is 5.14 Å². The molecule has 2 N–H and O–H groups in total. The van der Waals surface area contributed by atoms with Crippen LogP contribution in [-0.2, 0) is 10.0 Å². The van der Waals surface area contributed by atoms with Gasteiger partial charge >= 0.3 is 0 Å². The van der Waals surface area contributed by atoms with E-state index in [1.165, 1.54) is 12.1 Å². The fourth-order valence-corrected chi connectivity index (χ4v) is 2.58. The van der Waals surface area contributed by atoms with Crippen LogP contribution in [-0.4, -0.2) is 26.4 Å². The zero-order valence-corrected chi connectivity index (χ0v) is 11.7. The van der Waals surface area contributed by atoms with Gasteiger partial charge in [0, 0.05) is 6.04 Å². The molecule has 1 rings (SSSR count). The zero-order chi connectivity index (χ0) is 13.9. The predicted molar refractivity (Wildman–Crippen MR) is 69.1 cm³/mol. The van der Waals surface area contributed by atoms with Crippen molar-refractivity contribution in [2.75, 3.05) is 13.1 Å². The first-order chi connectivity index (χ1) is 8.31. The number of halogens is 1. The van der Waals surface area contributed by atoms with Gasteiger partial charge in [-0.15, -0.1) is 0 Å². The highest BCUT2D eigenvalue weighted by molar-refractivity contribution is 7.89. The van der Waals surface area contributed by atoms with E-state index in [1.807, 2.05) is 20.8 Å². The molecule has 1 unspecified atom stereocenters. The molecule has 6 heteroatoms.